The van der Waals surface area contributed by atoms with Gasteiger partial charge in [-0.1, -0.05) is 17.3 Å². The Morgan fingerprint density at radius 3 is 3.00 bits per heavy atom. The van der Waals surface area contributed by atoms with Crippen LogP contribution in [-0.4, -0.2) is 19.9 Å². The summed E-state index contributed by atoms with van der Waals surface area (Å²) in [5.41, 5.74) is 8.42. The van der Waals surface area contributed by atoms with Gasteiger partial charge in [0.2, 0.25) is 11.7 Å². The molecule has 2 N–H and O–H groups in total. The molecule has 0 aliphatic rings. The van der Waals surface area contributed by atoms with Crippen molar-refractivity contribution in [2.24, 2.45) is 0 Å². The number of benzene rings is 1. The van der Waals surface area contributed by atoms with E-state index in [1.807, 2.05) is 31.3 Å². The molecule has 0 aliphatic heterocycles. The molecule has 0 atom stereocenters. The molecule has 102 valence electrons. The summed E-state index contributed by atoms with van der Waals surface area (Å²) in [6, 6.07) is 5.64. The van der Waals surface area contributed by atoms with Crippen LogP contribution < -0.4 is 5.73 Å². The van der Waals surface area contributed by atoms with Gasteiger partial charge in [0.15, 0.2) is 0 Å². The van der Waals surface area contributed by atoms with Crippen LogP contribution in [0.25, 0.3) is 11.4 Å². The Labute approximate surface area is 123 Å². The van der Waals surface area contributed by atoms with Crippen molar-refractivity contribution in [3.63, 3.8) is 0 Å². The lowest BCUT2D eigenvalue weighted by molar-refractivity contribution is 0.366. The van der Waals surface area contributed by atoms with E-state index in [1.165, 1.54) is 0 Å². The Kier molecular flexibility index (Phi) is 3.27. The average molecular weight is 334 g/mol. The molecule has 0 aliphatic carbocycles. The van der Waals surface area contributed by atoms with Crippen LogP contribution in [0.3, 0.4) is 0 Å². The molecule has 0 saturated carbocycles. The van der Waals surface area contributed by atoms with Crippen molar-refractivity contribution < 1.29 is 4.52 Å². The van der Waals surface area contributed by atoms with Crippen LogP contribution in [0, 0.1) is 6.92 Å². The molecule has 2 heterocycles. The molecule has 6 nitrogen and oxygen atoms in total. The maximum absolute atomic E-state index is 5.89. The molecule has 3 aromatic rings. The minimum Gasteiger partial charge on any atom is -0.398 e. The van der Waals surface area contributed by atoms with E-state index >= 15 is 0 Å². The lowest BCUT2D eigenvalue weighted by Gasteiger charge is -2.03. The average Bonchev–Trinajstić information content (AvgIpc) is 3.03. The van der Waals surface area contributed by atoms with Crippen molar-refractivity contribution in [1.29, 1.82) is 0 Å². The molecule has 20 heavy (non-hydrogen) atoms. The van der Waals surface area contributed by atoms with E-state index in [9.17, 15) is 0 Å². The summed E-state index contributed by atoms with van der Waals surface area (Å²) in [7, 11) is 0. The van der Waals surface area contributed by atoms with Crippen LogP contribution in [0.15, 0.2) is 39.6 Å². The van der Waals surface area contributed by atoms with Crippen molar-refractivity contribution in [3.05, 3.63) is 46.5 Å². The maximum Gasteiger partial charge on any atom is 0.248 e. The first-order valence-electron chi connectivity index (χ1n) is 5.99. The second kappa shape index (κ2) is 5.09. The maximum atomic E-state index is 5.89. The zero-order valence-corrected chi connectivity index (χ0v) is 12.3. The number of hydrogen-bond donors (Lipinski definition) is 1. The topological polar surface area (TPSA) is 82.8 Å². The molecule has 1 aromatic carbocycles. The van der Waals surface area contributed by atoms with E-state index in [1.54, 1.807) is 10.9 Å². The molecule has 0 fully saturated rings. The van der Waals surface area contributed by atoms with Gasteiger partial charge in [0.05, 0.1) is 10.7 Å². The Morgan fingerprint density at radius 2 is 2.25 bits per heavy atom. The molecular weight excluding hydrogens is 322 g/mol. The number of halogens is 1. The lowest BCUT2D eigenvalue weighted by atomic mass is 10.1. The van der Waals surface area contributed by atoms with E-state index in [-0.39, 0.29) is 0 Å². The van der Waals surface area contributed by atoms with Crippen LogP contribution in [0.2, 0.25) is 0 Å². The van der Waals surface area contributed by atoms with E-state index in [2.05, 4.69) is 31.2 Å². The van der Waals surface area contributed by atoms with E-state index in [4.69, 9.17) is 10.3 Å². The standard InChI is InChI=1S/C13H12BrN5O/c1-8-10(3-2-4-11(8)15)13-17-12(20-18-13)7-19-6-9(14)5-16-19/h2-6H,7,15H2,1H3. The van der Waals surface area contributed by atoms with Crippen molar-refractivity contribution in [2.45, 2.75) is 13.5 Å². The van der Waals surface area contributed by atoms with Crippen molar-refractivity contribution in [2.75, 3.05) is 5.73 Å². The fourth-order valence-corrected chi connectivity index (χ4v) is 2.22. The Hall–Kier alpha value is -2.15. The fourth-order valence-electron chi connectivity index (χ4n) is 1.89. The fraction of sp³-hybridized carbons (Fsp3) is 0.154. The van der Waals surface area contributed by atoms with Crippen molar-refractivity contribution >= 4 is 21.6 Å². The number of aromatic nitrogens is 4. The van der Waals surface area contributed by atoms with Crippen LogP contribution in [-0.2, 0) is 6.54 Å². The monoisotopic (exact) mass is 333 g/mol. The molecule has 0 spiro atoms. The van der Waals surface area contributed by atoms with Gasteiger partial charge >= 0.3 is 0 Å². The van der Waals surface area contributed by atoms with Crippen LogP contribution in [0.1, 0.15) is 11.5 Å². The summed E-state index contributed by atoms with van der Waals surface area (Å²) in [5.74, 6) is 1.04. The Bertz CT molecular complexity index is 749. The van der Waals surface area contributed by atoms with Crippen LogP contribution in [0.4, 0.5) is 5.69 Å². The summed E-state index contributed by atoms with van der Waals surface area (Å²) in [6.07, 6.45) is 3.55. The predicted octanol–water partition coefficient (Wildman–Crippen LogP) is 2.63. The Morgan fingerprint density at radius 1 is 1.40 bits per heavy atom. The molecular formula is C13H12BrN5O. The summed E-state index contributed by atoms with van der Waals surface area (Å²) in [6.45, 7) is 2.37. The van der Waals surface area contributed by atoms with Gasteiger partial charge in [0.1, 0.15) is 6.54 Å². The number of hydrogen-bond acceptors (Lipinski definition) is 5. The largest absolute Gasteiger partial charge is 0.398 e. The first-order chi connectivity index (χ1) is 9.63. The zero-order valence-electron chi connectivity index (χ0n) is 10.7. The third-order valence-electron chi connectivity index (χ3n) is 2.98. The highest BCUT2D eigenvalue weighted by Crippen LogP contribution is 2.24. The molecule has 3 rings (SSSR count). The van der Waals surface area contributed by atoms with Gasteiger partial charge in [-0.3, -0.25) is 4.68 Å². The zero-order chi connectivity index (χ0) is 14.1. The quantitative estimate of drug-likeness (QED) is 0.745. The number of rotatable bonds is 3. The smallest absolute Gasteiger partial charge is 0.248 e. The van der Waals surface area contributed by atoms with Gasteiger partial charge in [0.25, 0.3) is 0 Å². The normalized spacial score (nSPS) is 10.9. The minimum atomic E-state index is 0.431. The van der Waals surface area contributed by atoms with Gasteiger partial charge in [-0.2, -0.15) is 10.1 Å². The summed E-state index contributed by atoms with van der Waals surface area (Å²) < 4.78 is 7.87. The minimum absolute atomic E-state index is 0.431. The summed E-state index contributed by atoms with van der Waals surface area (Å²) in [5, 5.41) is 8.14. The molecule has 0 radical (unpaired) electrons. The van der Waals surface area contributed by atoms with Gasteiger partial charge < -0.3 is 10.3 Å². The highest BCUT2D eigenvalue weighted by molar-refractivity contribution is 9.10. The first kappa shape index (κ1) is 12.9. The number of nitrogens with zero attached hydrogens (tertiary/aromatic N) is 4. The second-order valence-electron chi connectivity index (χ2n) is 4.39. The van der Waals surface area contributed by atoms with Gasteiger partial charge in [-0.25, -0.2) is 0 Å². The number of anilines is 1. The van der Waals surface area contributed by atoms with Crippen LogP contribution in [0.5, 0.6) is 0 Å². The predicted molar refractivity (Wildman–Crippen MR) is 77.9 cm³/mol. The van der Waals surface area contributed by atoms with E-state index < -0.39 is 0 Å². The van der Waals surface area contributed by atoms with Crippen molar-refractivity contribution in [1.82, 2.24) is 19.9 Å². The van der Waals surface area contributed by atoms with Gasteiger partial charge in [-0.05, 0) is 34.5 Å². The van der Waals surface area contributed by atoms with E-state index in [0.717, 1.165) is 15.6 Å². The van der Waals surface area contributed by atoms with E-state index in [0.29, 0.717) is 23.9 Å². The molecule has 0 unspecified atom stereocenters. The molecule has 2 aromatic heterocycles. The molecule has 7 heteroatoms. The van der Waals surface area contributed by atoms with Crippen LogP contribution >= 0.6 is 15.9 Å². The number of nitrogens with two attached hydrogens (primary N) is 1. The molecule has 0 amide bonds. The van der Waals surface area contributed by atoms with Crippen molar-refractivity contribution in [3.8, 4) is 11.4 Å². The summed E-state index contributed by atoms with van der Waals surface area (Å²) >= 11 is 3.34. The Balaban J connectivity index is 1.88. The van der Waals surface area contributed by atoms with Gasteiger partial charge in [0, 0.05) is 17.4 Å². The highest BCUT2D eigenvalue weighted by atomic mass is 79.9. The third-order valence-corrected chi connectivity index (χ3v) is 3.39. The lowest BCUT2D eigenvalue weighted by Crippen LogP contribution is -2.00. The summed E-state index contributed by atoms with van der Waals surface area (Å²) in [4.78, 5) is 4.38. The first-order valence-corrected chi connectivity index (χ1v) is 6.79. The molecule has 0 saturated heterocycles. The SMILES string of the molecule is Cc1c(N)cccc1-c1noc(Cn2cc(Br)cn2)n1. The van der Waals surface area contributed by atoms with Gasteiger partial charge in [-0.15, -0.1) is 0 Å². The highest BCUT2D eigenvalue weighted by Gasteiger charge is 2.12. The third kappa shape index (κ3) is 2.44. The second-order valence-corrected chi connectivity index (χ2v) is 5.30. The molecule has 0 bridgehead atoms. The number of nitrogen functional groups attached to an aromatic ring is 1.